The number of hydrogen-bond donors (Lipinski definition) is 1. The fraction of sp³-hybridized carbons (Fsp3) is 0.308. The Kier molecular flexibility index (Phi) is 4.11. The van der Waals surface area contributed by atoms with E-state index in [-0.39, 0.29) is 5.91 Å². The van der Waals surface area contributed by atoms with Gasteiger partial charge >= 0.3 is 0 Å². The van der Waals surface area contributed by atoms with Crippen LogP contribution in [0.2, 0.25) is 0 Å². The number of aromatic nitrogens is 2. The number of allylic oxidation sites excluding steroid dienone is 1. The Labute approximate surface area is 115 Å². The number of nitrogen functional groups attached to an aromatic ring is 1. The molecule has 0 aromatic carbocycles. The molecule has 0 radical (unpaired) electrons. The van der Waals surface area contributed by atoms with Gasteiger partial charge in [0.25, 0.3) is 5.91 Å². The average Bonchev–Trinajstić information content (AvgIpc) is 2.76. The highest BCUT2D eigenvalue weighted by Gasteiger charge is 2.20. The van der Waals surface area contributed by atoms with Crippen LogP contribution in [0.1, 0.15) is 22.5 Å². The van der Waals surface area contributed by atoms with Gasteiger partial charge in [0, 0.05) is 26.0 Å². The lowest BCUT2D eigenvalue weighted by Crippen LogP contribution is -2.27. The Morgan fingerprint density at radius 1 is 1.53 bits per heavy atom. The number of nitrogens with zero attached hydrogens (tertiary/aromatic N) is 3. The quantitative estimate of drug-likeness (QED) is 0.672. The van der Waals surface area contributed by atoms with Crippen molar-refractivity contribution in [1.29, 1.82) is 0 Å². The number of nitrogens with two attached hydrogens (primary N) is 1. The number of rotatable bonds is 5. The van der Waals surface area contributed by atoms with Crippen molar-refractivity contribution >= 4 is 33.3 Å². The van der Waals surface area contributed by atoms with E-state index in [1.54, 1.807) is 24.3 Å². The Balaban J connectivity index is 2.21. The van der Waals surface area contributed by atoms with Crippen LogP contribution >= 0.6 is 11.3 Å². The summed E-state index contributed by atoms with van der Waals surface area (Å²) in [6.07, 6.45) is 6.81. The zero-order valence-corrected chi connectivity index (χ0v) is 11.6. The van der Waals surface area contributed by atoms with Gasteiger partial charge in [0.1, 0.15) is 15.2 Å². The maximum absolute atomic E-state index is 12.3. The Morgan fingerprint density at radius 2 is 2.26 bits per heavy atom. The number of anilines is 1. The van der Waals surface area contributed by atoms with Crippen LogP contribution in [0.3, 0.4) is 0 Å². The number of unbranched alkanes of at least 4 members (excludes halogenated alkanes) is 1. The maximum atomic E-state index is 12.3. The third-order valence-corrected chi connectivity index (χ3v) is 3.90. The molecule has 6 heteroatoms. The van der Waals surface area contributed by atoms with E-state index in [2.05, 4.69) is 16.5 Å². The first kappa shape index (κ1) is 13.5. The summed E-state index contributed by atoms with van der Waals surface area (Å²) < 4.78 is 0. The number of amides is 1. The van der Waals surface area contributed by atoms with E-state index in [0.717, 1.165) is 12.8 Å². The second kappa shape index (κ2) is 5.79. The molecule has 0 aliphatic rings. The van der Waals surface area contributed by atoms with Crippen LogP contribution in [0.15, 0.2) is 25.0 Å². The fourth-order valence-electron chi connectivity index (χ4n) is 1.75. The van der Waals surface area contributed by atoms with Gasteiger partial charge < -0.3 is 10.6 Å². The van der Waals surface area contributed by atoms with E-state index < -0.39 is 0 Å². The highest BCUT2D eigenvalue weighted by molar-refractivity contribution is 7.21. The molecular weight excluding hydrogens is 260 g/mol. The molecule has 0 saturated carbocycles. The lowest BCUT2D eigenvalue weighted by Gasteiger charge is -2.15. The molecule has 0 aliphatic carbocycles. The van der Waals surface area contributed by atoms with Gasteiger partial charge in [-0.25, -0.2) is 9.97 Å². The number of thiophene rings is 1. The summed E-state index contributed by atoms with van der Waals surface area (Å²) in [5.41, 5.74) is 7.01. The van der Waals surface area contributed by atoms with E-state index in [0.29, 0.717) is 27.5 Å². The average molecular weight is 276 g/mol. The number of hydrogen-bond acceptors (Lipinski definition) is 5. The number of carbonyl (C=O) groups is 1. The van der Waals surface area contributed by atoms with Crippen molar-refractivity contribution in [1.82, 2.24) is 14.9 Å². The van der Waals surface area contributed by atoms with Gasteiger partial charge in [-0.05, 0) is 12.8 Å². The van der Waals surface area contributed by atoms with Gasteiger partial charge in [0.15, 0.2) is 0 Å². The van der Waals surface area contributed by atoms with Gasteiger partial charge in [-0.3, -0.25) is 4.79 Å². The molecule has 2 rings (SSSR count). The highest BCUT2D eigenvalue weighted by Crippen LogP contribution is 2.31. The normalized spacial score (nSPS) is 10.6. The Hall–Kier alpha value is -1.95. The van der Waals surface area contributed by atoms with E-state index in [4.69, 9.17) is 5.73 Å². The standard InChI is InChI=1S/C13H16N4OS/c1-3-4-5-8-17(2)13(18)11-9(14)10-12(19-11)16-7-6-15-10/h3,6-7H,1,4-5,8,14H2,2H3. The molecule has 1 amide bonds. The second-order valence-corrected chi connectivity index (χ2v) is 5.21. The van der Waals surface area contributed by atoms with E-state index in [9.17, 15) is 4.79 Å². The molecule has 0 unspecified atom stereocenters. The van der Waals surface area contributed by atoms with E-state index in [1.165, 1.54) is 11.3 Å². The molecule has 0 atom stereocenters. The summed E-state index contributed by atoms with van der Waals surface area (Å²) in [4.78, 5) is 23.5. The monoisotopic (exact) mass is 276 g/mol. The lowest BCUT2D eigenvalue weighted by atomic mass is 10.2. The zero-order chi connectivity index (χ0) is 13.8. The fourth-order valence-corrected chi connectivity index (χ4v) is 2.77. The van der Waals surface area contributed by atoms with E-state index in [1.807, 2.05) is 6.08 Å². The van der Waals surface area contributed by atoms with Crippen LogP contribution in [-0.2, 0) is 0 Å². The molecule has 2 heterocycles. The summed E-state index contributed by atoms with van der Waals surface area (Å²) in [5, 5.41) is 0. The van der Waals surface area contributed by atoms with Gasteiger partial charge in [-0.15, -0.1) is 17.9 Å². The molecule has 5 nitrogen and oxygen atoms in total. The summed E-state index contributed by atoms with van der Waals surface area (Å²) in [6, 6.07) is 0. The first-order chi connectivity index (χ1) is 9.15. The largest absolute Gasteiger partial charge is 0.396 e. The summed E-state index contributed by atoms with van der Waals surface area (Å²) in [7, 11) is 1.77. The van der Waals surface area contributed by atoms with Crippen molar-refractivity contribution < 1.29 is 4.79 Å². The predicted octanol–water partition coefficient (Wildman–Crippen LogP) is 2.31. The first-order valence-corrected chi connectivity index (χ1v) is 6.82. The molecule has 0 bridgehead atoms. The first-order valence-electron chi connectivity index (χ1n) is 6.00. The van der Waals surface area contributed by atoms with Crippen LogP contribution < -0.4 is 5.73 Å². The van der Waals surface area contributed by atoms with Crippen molar-refractivity contribution in [3.63, 3.8) is 0 Å². The van der Waals surface area contributed by atoms with Crippen molar-refractivity contribution in [2.75, 3.05) is 19.3 Å². The zero-order valence-electron chi connectivity index (χ0n) is 10.8. The van der Waals surface area contributed by atoms with Crippen LogP contribution in [0.5, 0.6) is 0 Å². The van der Waals surface area contributed by atoms with Crippen molar-refractivity contribution in [2.24, 2.45) is 0 Å². The molecule has 2 aromatic heterocycles. The third-order valence-electron chi connectivity index (χ3n) is 2.81. The van der Waals surface area contributed by atoms with Crippen LogP contribution in [0, 0.1) is 0 Å². The summed E-state index contributed by atoms with van der Waals surface area (Å²) in [5.74, 6) is -0.0774. The molecule has 0 spiro atoms. The minimum absolute atomic E-state index is 0.0774. The summed E-state index contributed by atoms with van der Waals surface area (Å²) in [6.45, 7) is 4.35. The lowest BCUT2D eigenvalue weighted by molar-refractivity contribution is 0.0799. The smallest absolute Gasteiger partial charge is 0.265 e. The molecular formula is C13H16N4OS. The van der Waals surface area contributed by atoms with Gasteiger partial charge in [-0.1, -0.05) is 6.08 Å². The van der Waals surface area contributed by atoms with E-state index >= 15 is 0 Å². The minimum Gasteiger partial charge on any atom is -0.396 e. The van der Waals surface area contributed by atoms with Gasteiger partial charge in [-0.2, -0.15) is 0 Å². The molecule has 100 valence electrons. The summed E-state index contributed by atoms with van der Waals surface area (Å²) >= 11 is 1.29. The molecule has 2 N–H and O–H groups in total. The second-order valence-electron chi connectivity index (χ2n) is 4.21. The predicted molar refractivity (Wildman–Crippen MR) is 78.2 cm³/mol. The van der Waals surface area contributed by atoms with Crippen molar-refractivity contribution in [3.8, 4) is 0 Å². The molecule has 2 aromatic rings. The minimum atomic E-state index is -0.0774. The number of fused-ring (bicyclic) bond motifs is 1. The molecule has 19 heavy (non-hydrogen) atoms. The van der Waals surface area contributed by atoms with Gasteiger partial charge in [0.05, 0.1) is 5.69 Å². The molecule has 0 aliphatic heterocycles. The van der Waals surface area contributed by atoms with Crippen molar-refractivity contribution in [2.45, 2.75) is 12.8 Å². The van der Waals surface area contributed by atoms with Crippen LogP contribution in [0.25, 0.3) is 10.3 Å². The van der Waals surface area contributed by atoms with Crippen LogP contribution in [-0.4, -0.2) is 34.4 Å². The molecule has 0 saturated heterocycles. The van der Waals surface area contributed by atoms with Crippen molar-refractivity contribution in [3.05, 3.63) is 29.9 Å². The number of carbonyl (C=O) groups excluding carboxylic acids is 1. The Morgan fingerprint density at radius 3 is 2.95 bits per heavy atom. The maximum Gasteiger partial charge on any atom is 0.265 e. The van der Waals surface area contributed by atoms with Gasteiger partial charge in [0.2, 0.25) is 0 Å². The SMILES string of the molecule is C=CCCCN(C)C(=O)c1sc2nccnc2c1N. The Bertz CT molecular complexity index is 608. The topological polar surface area (TPSA) is 72.1 Å². The van der Waals surface area contributed by atoms with Crippen LogP contribution in [0.4, 0.5) is 5.69 Å². The molecule has 0 fully saturated rings. The third kappa shape index (κ3) is 2.73. The highest BCUT2D eigenvalue weighted by atomic mass is 32.1.